The van der Waals surface area contributed by atoms with E-state index in [0.717, 1.165) is 17.8 Å². The molecular weight excluding hydrogens is 488 g/mol. The van der Waals surface area contributed by atoms with Gasteiger partial charge in [0.25, 0.3) is 0 Å². The second kappa shape index (κ2) is 9.00. The van der Waals surface area contributed by atoms with Gasteiger partial charge in [-0.05, 0) is 65.6 Å². The van der Waals surface area contributed by atoms with Crippen LogP contribution in [0.15, 0.2) is 126 Å². The summed E-state index contributed by atoms with van der Waals surface area (Å²) in [4.78, 5) is 2.51. The third-order valence-corrected chi connectivity index (χ3v) is 8.63. The Morgan fingerprint density at radius 3 is 2.48 bits per heavy atom. The van der Waals surface area contributed by atoms with Crippen LogP contribution in [0.25, 0.3) is 28.2 Å². The van der Waals surface area contributed by atoms with Crippen LogP contribution in [0.5, 0.6) is 0 Å². The maximum atomic E-state index is 9.19. The van der Waals surface area contributed by atoms with Gasteiger partial charge >= 0.3 is 0 Å². The lowest BCUT2D eigenvalue weighted by atomic mass is 9.86. The standard InChI is InChI=1S/C37H26N2O/c38-23-24-13-15-25(16-14-24)26-17-19-36-31(21-26)32-22-27(18-20-37(32)40-36)28-7-1-4-10-33(28)39-34-11-5-2-8-29(34)30-9-3-6-12-35(30)39/h1-20,22,26,29,34H,21H2. The number of furan rings is 1. The maximum Gasteiger partial charge on any atom is 0.135 e. The Balaban J connectivity index is 1.21. The van der Waals surface area contributed by atoms with Crippen molar-refractivity contribution in [1.82, 2.24) is 0 Å². The molecular formula is C37H26N2O. The van der Waals surface area contributed by atoms with Crippen LogP contribution in [-0.2, 0) is 6.42 Å². The van der Waals surface area contributed by atoms with E-state index in [1.807, 2.05) is 12.1 Å². The van der Waals surface area contributed by atoms with E-state index in [9.17, 15) is 5.26 Å². The number of fused-ring (bicyclic) bond motifs is 6. The molecule has 0 saturated heterocycles. The number of para-hydroxylation sites is 2. The van der Waals surface area contributed by atoms with Gasteiger partial charge in [-0.15, -0.1) is 0 Å². The van der Waals surface area contributed by atoms with E-state index < -0.39 is 0 Å². The van der Waals surface area contributed by atoms with Gasteiger partial charge in [0.15, 0.2) is 0 Å². The summed E-state index contributed by atoms with van der Waals surface area (Å²) >= 11 is 0. The van der Waals surface area contributed by atoms with E-state index in [0.29, 0.717) is 11.5 Å². The van der Waals surface area contributed by atoms with Crippen LogP contribution in [0.3, 0.4) is 0 Å². The smallest absolute Gasteiger partial charge is 0.135 e. The average molecular weight is 515 g/mol. The molecule has 3 nitrogen and oxygen atoms in total. The van der Waals surface area contributed by atoms with E-state index in [1.165, 1.54) is 44.6 Å². The number of nitrogens with zero attached hydrogens (tertiary/aromatic N) is 2. The summed E-state index contributed by atoms with van der Waals surface area (Å²) in [6.45, 7) is 0. The van der Waals surface area contributed by atoms with Gasteiger partial charge < -0.3 is 9.32 Å². The molecule has 3 atom stereocenters. The van der Waals surface area contributed by atoms with Gasteiger partial charge in [-0.1, -0.05) is 85.0 Å². The van der Waals surface area contributed by atoms with Crippen LogP contribution in [0.1, 0.15) is 39.8 Å². The van der Waals surface area contributed by atoms with Gasteiger partial charge in [0.05, 0.1) is 17.7 Å². The predicted octanol–water partition coefficient (Wildman–Crippen LogP) is 9.05. The second-order valence-electron chi connectivity index (χ2n) is 10.8. The van der Waals surface area contributed by atoms with Crippen LogP contribution >= 0.6 is 0 Å². The highest BCUT2D eigenvalue weighted by Crippen LogP contribution is 2.50. The molecule has 0 radical (unpaired) electrons. The molecule has 0 spiro atoms. The molecule has 2 aliphatic carbocycles. The minimum absolute atomic E-state index is 0.251. The normalized spacial score (nSPS) is 20.3. The van der Waals surface area contributed by atoms with E-state index >= 15 is 0 Å². The zero-order valence-electron chi connectivity index (χ0n) is 21.9. The first-order valence-electron chi connectivity index (χ1n) is 13.8. The summed E-state index contributed by atoms with van der Waals surface area (Å²) in [5.74, 6) is 1.55. The predicted molar refractivity (Wildman–Crippen MR) is 162 cm³/mol. The Labute approximate surface area is 233 Å². The topological polar surface area (TPSA) is 40.2 Å². The van der Waals surface area contributed by atoms with Crippen molar-refractivity contribution in [3.05, 3.63) is 149 Å². The summed E-state index contributed by atoms with van der Waals surface area (Å²) in [5.41, 5.74) is 10.3. The second-order valence-corrected chi connectivity index (χ2v) is 10.8. The third kappa shape index (κ3) is 3.50. The Bertz CT molecular complexity index is 1910. The molecule has 0 saturated carbocycles. The van der Waals surface area contributed by atoms with E-state index in [2.05, 4.69) is 126 Å². The minimum Gasteiger partial charge on any atom is -0.456 e. The Kier molecular flexibility index (Phi) is 5.15. The van der Waals surface area contributed by atoms with Crippen molar-refractivity contribution in [3.63, 3.8) is 0 Å². The maximum absolute atomic E-state index is 9.19. The fourth-order valence-electron chi connectivity index (χ4n) is 6.70. The van der Waals surface area contributed by atoms with Gasteiger partial charge in [-0.3, -0.25) is 0 Å². The van der Waals surface area contributed by atoms with Crippen molar-refractivity contribution in [2.24, 2.45) is 0 Å². The Morgan fingerprint density at radius 2 is 1.60 bits per heavy atom. The molecule has 8 rings (SSSR count). The first-order chi connectivity index (χ1) is 19.8. The first-order valence-corrected chi connectivity index (χ1v) is 13.8. The van der Waals surface area contributed by atoms with Crippen molar-refractivity contribution in [2.75, 3.05) is 4.90 Å². The molecule has 0 N–H and O–H groups in total. The largest absolute Gasteiger partial charge is 0.456 e. The van der Waals surface area contributed by atoms with Crippen LogP contribution in [0.2, 0.25) is 0 Å². The van der Waals surface area contributed by atoms with Crippen molar-refractivity contribution < 1.29 is 4.42 Å². The Hall–Kier alpha value is -5.07. The van der Waals surface area contributed by atoms with E-state index in [4.69, 9.17) is 4.42 Å². The lowest BCUT2D eigenvalue weighted by molar-refractivity contribution is 0.591. The number of nitriles is 1. The highest BCUT2D eigenvalue weighted by atomic mass is 16.3. The molecule has 4 aromatic carbocycles. The van der Waals surface area contributed by atoms with Crippen molar-refractivity contribution >= 4 is 28.4 Å². The zero-order valence-corrected chi connectivity index (χ0v) is 21.9. The molecule has 190 valence electrons. The van der Waals surface area contributed by atoms with Crippen LogP contribution < -0.4 is 4.90 Å². The summed E-state index contributed by atoms with van der Waals surface area (Å²) in [6, 6.07) is 34.6. The quantitative estimate of drug-likeness (QED) is 0.241. The van der Waals surface area contributed by atoms with Gasteiger partial charge in [0.2, 0.25) is 0 Å². The average Bonchev–Trinajstić information content (AvgIpc) is 3.56. The molecule has 1 aromatic heterocycles. The minimum atomic E-state index is 0.251. The summed E-state index contributed by atoms with van der Waals surface area (Å²) < 4.78 is 6.29. The van der Waals surface area contributed by atoms with E-state index in [-0.39, 0.29) is 12.0 Å². The van der Waals surface area contributed by atoms with E-state index in [1.54, 1.807) is 0 Å². The Morgan fingerprint density at radius 1 is 0.800 bits per heavy atom. The molecule has 2 heterocycles. The van der Waals surface area contributed by atoms with Crippen LogP contribution in [-0.4, -0.2) is 6.04 Å². The summed E-state index contributed by atoms with van der Waals surface area (Å²) in [7, 11) is 0. The van der Waals surface area contributed by atoms with Gasteiger partial charge in [-0.25, -0.2) is 0 Å². The zero-order chi connectivity index (χ0) is 26.6. The molecule has 0 amide bonds. The number of anilines is 2. The fourth-order valence-corrected chi connectivity index (χ4v) is 6.70. The molecule has 3 aliphatic rings. The van der Waals surface area contributed by atoms with Crippen LogP contribution in [0, 0.1) is 11.3 Å². The number of hydrogen-bond donors (Lipinski definition) is 0. The summed E-state index contributed by atoms with van der Waals surface area (Å²) in [6.07, 6.45) is 14.2. The van der Waals surface area contributed by atoms with Crippen molar-refractivity contribution in [2.45, 2.75) is 24.3 Å². The molecule has 0 bridgehead atoms. The first kappa shape index (κ1) is 22.9. The number of rotatable bonds is 3. The monoisotopic (exact) mass is 514 g/mol. The highest BCUT2D eigenvalue weighted by molar-refractivity contribution is 5.93. The summed E-state index contributed by atoms with van der Waals surface area (Å²) in [5, 5.41) is 10.4. The van der Waals surface area contributed by atoms with Crippen molar-refractivity contribution in [1.29, 1.82) is 5.26 Å². The lowest BCUT2D eigenvalue weighted by Gasteiger charge is -2.30. The molecule has 3 unspecified atom stereocenters. The molecule has 40 heavy (non-hydrogen) atoms. The van der Waals surface area contributed by atoms with Gasteiger partial charge in [-0.2, -0.15) is 5.26 Å². The fraction of sp³-hybridized carbons (Fsp3) is 0.108. The third-order valence-electron chi connectivity index (χ3n) is 8.63. The molecule has 0 fully saturated rings. The molecule has 3 heteroatoms. The molecule has 5 aromatic rings. The molecule has 1 aliphatic heterocycles. The van der Waals surface area contributed by atoms with Crippen LogP contribution in [0.4, 0.5) is 11.4 Å². The number of allylic oxidation sites excluding steroid dienone is 3. The number of benzene rings is 4. The van der Waals surface area contributed by atoms with Crippen molar-refractivity contribution in [3.8, 4) is 17.2 Å². The highest BCUT2D eigenvalue weighted by Gasteiger charge is 2.37. The lowest BCUT2D eigenvalue weighted by Crippen LogP contribution is -2.28. The van der Waals surface area contributed by atoms with Gasteiger partial charge in [0.1, 0.15) is 11.3 Å². The SMILES string of the molecule is N#Cc1ccc(C2C=Cc3oc4ccc(-c5ccccc5N5c6ccccc6C6C=CC=CC65)cc4c3C2)cc1. The number of hydrogen-bond acceptors (Lipinski definition) is 3. The van der Waals surface area contributed by atoms with Gasteiger partial charge in [0, 0.05) is 39.7 Å².